The maximum atomic E-state index is 10.8. The van der Waals surface area contributed by atoms with Gasteiger partial charge in [-0.25, -0.2) is 0 Å². The number of benzene rings is 1. The van der Waals surface area contributed by atoms with E-state index in [1.165, 1.54) is 11.3 Å². The second kappa shape index (κ2) is 5.99. The van der Waals surface area contributed by atoms with Crippen molar-refractivity contribution in [3.8, 4) is 5.75 Å². The fourth-order valence-electron chi connectivity index (χ4n) is 2.86. The van der Waals surface area contributed by atoms with Crippen LogP contribution in [0.25, 0.3) is 0 Å². The molecular formula is C21H30NO+. The van der Waals surface area contributed by atoms with Gasteiger partial charge >= 0.3 is 0 Å². The molecule has 1 heterocycles. The summed E-state index contributed by atoms with van der Waals surface area (Å²) >= 11 is 0. The van der Waals surface area contributed by atoms with E-state index in [1.54, 1.807) is 0 Å². The van der Waals surface area contributed by atoms with Gasteiger partial charge in [-0.15, -0.1) is 0 Å². The van der Waals surface area contributed by atoms with Crippen LogP contribution in [0.5, 0.6) is 5.75 Å². The Hall–Kier alpha value is -1.83. The maximum Gasteiger partial charge on any atom is 0.178 e. The number of aromatic hydroxyl groups is 1. The van der Waals surface area contributed by atoms with Crippen molar-refractivity contribution in [3.63, 3.8) is 0 Å². The van der Waals surface area contributed by atoms with Gasteiger partial charge in [-0.1, -0.05) is 47.6 Å². The van der Waals surface area contributed by atoms with Crippen LogP contribution < -0.4 is 4.57 Å². The number of hydrogen-bond donors (Lipinski definition) is 1. The zero-order valence-electron chi connectivity index (χ0n) is 15.6. The summed E-state index contributed by atoms with van der Waals surface area (Å²) < 4.78 is 2.24. The summed E-state index contributed by atoms with van der Waals surface area (Å²) in [6.07, 6.45) is 2.11. The van der Waals surface area contributed by atoms with Crippen molar-refractivity contribution in [2.24, 2.45) is 0 Å². The molecule has 23 heavy (non-hydrogen) atoms. The van der Waals surface area contributed by atoms with Crippen LogP contribution in [0.1, 0.15) is 63.9 Å². The number of rotatable bonds is 2. The van der Waals surface area contributed by atoms with Gasteiger partial charge in [0.1, 0.15) is 5.75 Å². The van der Waals surface area contributed by atoms with Crippen LogP contribution in [0.3, 0.4) is 0 Å². The Labute approximate surface area is 140 Å². The van der Waals surface area contributed by atoms with Crippen molar-refractivity contribution in [3.05, 3.63) is 58.9 Å². The Bertz CT molecular complexity index is 668. The van der Waals surface area contributed by atoms with E-state index in [9.17, 15) is 5.11 Å². The van der Waals surface area contributed by atoms with E-state index in [4.69, 9.17) is 0 Å². The van der Waals surface area contributed by atoms with E-state index in [0.29, 0.717) is 5.75 Å². The molecule has 0 spiro atoms. The van der Waals surface area contributed by atoms with Crippen LogP contribution in [-0.4, -0.2) is 5.11 Å². The van der Waals surface area contributed by atoms with E-state index in [2.05, 4.69) is 89.6 Å². The molecular weight excluding hydrogens is 282 g/mol. The first-order valence-electron chi connectivity index (χ1n) is 8.32. The molecule has 0 unspecified atom stereocenters. The maximum absolute atomic E-state index is 10.8. The van der Waals surface area contributed by atoms with Crippen molar-refractivity contribution < 1.29 is 9.67 Å². The van der Waals surface area contributed by atoms with Gasteiger partial charge in [-0.2, -0.15) is 4.57 Å². The van der Waals surface area contributed by atoms with Crippen LogP contribution in [0.4, 0.5) is 0 Å². The third-order valence-electron chi connectivity index (χ3n) is 4.31. The molecule has 1 aromatic heterocycles. The molecule has 0 fully saturated rings. The molecule has 124 valence electrons. The Morgan fingerprint density at radius 3 is 1.87 bits per heavy atom. The van der Waals surface area contributed by atoms with Crippen LogP contribution >= 0.6 is 0 Å². The molecule has 0 saturated carbocycles. The smallest absolute Gasteiger partial charge is 0.178 e. The van der Waals surface area contributed by atoms with Crippen LogP contribution in [-0.2, 0) is 17.4 Å². The van der Waals surface area contributed by atoms with Crippen molar-refractivity contribution >= 4 is 0 Å². The first-order valence-corrected chi connectivity index (χ1v) is 8.32. The minimum Gasteiger partial charge on any atom is -0.507 e. The van der Waals surface area contributed by atoms with E-state index in [0.717, 1.165) is 17.7 Å². The van der Waals surface area contributed by atoms with Gasteiger partial charge in [-0.3, -0.25) is 0 Å². The Balaban J connectivity index is 2.59. The summed E-state index contributed by atoms with van der Waals surface area (Å²) in [6, 6.07) is 10.6. The van der Waals surface area contributed by atoms with Crippen LogP contribution in [0, 0.1) is 6.92 Å². The van der Waals surface area contributed by atoms with E-state index < -0.39 is 0 Å². The predicted molar refractivity (Wildman–Crippen MR) is 96.0 cm³/mol. The highest BCUT2D eigenvalue weighted by Crippen LogP contribution is 2.39. The van der Waals surface area contributed by atoms with Gasteiger partial charge in [0.2, 0.25) is 0 Å². The molecule has 0 aliphatic rings. The monoisotopic (exact) mass is 312 g/mol. The minimum atomic E-state index is -0.0868. The number of hydrogen-bond acceptors (Lipinski definition) is 1. The number of nitrogens with zero attached hydrogens (tertiary/aromatic N) is 1. The number of aromatic nitrogens is 1. The topological polar surface area (TPSA) is 24.1 Å². The average Bonchev–Trinajstić information content (AvgIpc) is 2.40. The first kappa shape index (κ1) is 17.5. The molecule has 0 radical (unpaired) electrons. The molecule has 0 atom stereocenters. The molecule has 0 saturated heterocycles. The lowest BCUT2D eigenvalue weighted by atomic mass is 9.78. The largest absolute Gasteiger partial charge is 0.507 e. The highest BCUT2D eigenvalue weighted by atomic mass is 16.3. The summed E-state index contributed by atoms with van der Waals surface area (Å²) in [7, 11) is 0. The molecule has 2 heteroatoms. The zero-order chi connectivity index (χ0) is 17.4. The summed E-state index contributed by atoms with van der Waals surface area (Å²) in [4.78, 5) is 0. The standard InChI is InChI=1S/C21H29NO/c1-15-10-8-9-11-22(15)14-16-12-17(20(2,3)4)19(23)18(13-16)21(5,6)7/h8-13H,14H2,1-7H3/p+1. The van der Waals surface area contributed by atoms with Gasteiger partial charge in [0, 0.05) is 35.7 Å². The lowest BCUT2D eigenvalue weighted by molar-refractivity contribution is -0.694. The molecule has 2 aromatic rings. The van der Waals surface area contributed by atoms with Gasteiger partial charge in [0.25, 0.3) is 0 Å². The predicted octanol–water partition coefficient (Wildman–Crippen LogP) is 4.63. The second-order valence-electron chi connectivity index (χ2n) is 8.51. The Kier molecular flexibility index (Phi) is 4.57. The van der Waals surface area contributed by atoms with Gasteiger partial charge in [0.15, 0.2) is 18.4 Å². The van der Waals surface area contributed by atoms with Gasteiger partial charge in [-0.05, 0) is 23.0 Å². The summed E-state index contributed by atoms with van der Waals surface area (Å²) in [5.41, 5.74) is 4.34. The molecule has 2 nitrogen and oxygen atoms in total. The van der Waals surface area contributed by atoms with E-state index >= 15 is 0 Å². The lowest BCUT2D eigenvalue weighted by Crippen LogP contribution is -2.37. The summed E-state index contributed by atoms with van der Waals surface area (Å²) in [5.74, 6) is 0.448. The van der Waals surface area contributed by atoms with Crippen molar-refractivity contribution in [2.75, 3.05) is 0 Å². The molecule has 0 amide bonds. The van der Waals surface area contributed by atoms with Gasteiger partial charge in [0.05, 0.1) is 0 Å². The van der Waals surface area contributed by atoms with Crippen molar-refractivity contribution in [1.29, 1.82) is 0 Å². The van der Waals surface area contributed by atoms with E-state index in [1.807, 2.05) is 0 Å². The molecule has 1 N–H and O–H groups in total. The summed E-state index contributed by atoms with van der Waals surface area (Å²) in [6.45, 7) is 15.9. The molecule has 0 bridgehead atoms. The number of pyridine rings is 1. The van der Waals surface area contributed by atoms with Crippen molar-refractivity contribution in [1.82, 2.24) is 0 Å². The molecule has 1 aromatic carbocycles. The number of phenolic OH excluding ortho intramolecular Hbond substituents is 1. The third kappa shape index (κ3) is 3.93. The molecule has 0 aliphatic heterocycles. The number of aryl methyl sites for hydroxylation is 1. The zero-order valence-corrected chi connectivity index (χ0v) is 15.6. The fraction of sp³-hybridized carbons (Fsp3) is 0.476. The summed E-state index contributed by atoms with van der Waals surface area (Å²) in [5, 5.41) is 10.8. The first-order chi connectivity index (χ1) is 10.5. The van der Waals surface area contributed by atoms with Crippen LogP contribution in [0.2, 0.25) is 0 Å². The number of phenols is 1. The van der Waals surface area contributed by atoms with Gasteiger partial charge < -0.3 is 5.11 Å². The van der Waals surface area contributed by atoms with Crippen LogP contribution in [0.15, 0.2) is 36.5 Å². The Morgan fingerprint density at radius 2 is 1.43 bits per heavy atom. The molecule has 2 rings (SSSR count). The molecule has 0 aliphatic carbocycles. The fourth-order valence-corrected chi connectivity index (χ4v) is 2.86. The Morgan fingerprint density at radius 1 is 0.913 bits per heavy atom. The van der Waals surface area contributed by atoms with Crippen molar-refractivity contribution in [2.45, 2.75) is 65.8 Å². The SMILES string of the molecule is Cc1cccc[n+]1Cc1cc(C(C)(C)C)c(O)c(C(C)(C)C)c1. The average molecular weight is 312 g/mol. The lowest BCUT2D eigenvalue weighted by Gasteiger charge is -2.28. The normalized spacial score (nSPS) is 12.5. The third-order valence-corrected chi connectivity index (χ3v) is 4.31. The highest BCUT2D eigenvalue weighted by molar-refractivity contribution is 5.49. The second-order valence-corrected chi connectivity index (χ2v) is 8.51. The quantitative estimate of drug-likeness (QED) is 0.803. The minimum absolute atomic E-state index is 0.0868. The van der Waals surface area contributed by atoms with E-state index in [-0.39, 0.29) is 10.8 Å². The highest BCUT2D eigenvalue weighted by Gasteiger charge is 2.27.